The molecule has 0 saturated carbocycles. The fraction of sp³-hybridized carbons (Fsp3) is 0.688. The average molecular weight is 305 g/mol. The second-order valence-corrected chi connectivity index (χ2v) is 6.12. The van der Waals surface area contributed by atoms with Crippen LogP contribution >= 0.6 is 0 Å². The van der Waals surface area contributed by atoms with Gasteiger partial charge in [-0.15, -0.1) is 0 Å². The first-order valence-electron chi connectivity index (χ1n) is 8.17. The van der Waals surface area contributed by atoms with Crippen molar-refractivity contribution in [2.75, 3.05) is 31.5 Å². The van der Waals surface area contributed by atoms with Crippen molar-refractivity contribution in [3.05, 3.63) is 18.5 Å². The standard InChI is InChI=1S/C16H27N5O/c1-13-5-10-21(11-6-13)14(2)12-20-15(22)4-9-19-16-17-7-3-8-18-16/h3,7-8,13-14H,4-6,9-12H2,1-2H3,(H,20,22)(H,17,18,19)/t14-/m0/s1. The van der Waals surface area contributed by atoms with Gasteiger partial charge < -0.3 is 10.6 Å². The molecule has 0 aromatic carbocycles. The van der Waals surface area contributed by atoms with Crippen molar-refractivity contribution in [2.24, 2.45) is 5.92 Å². The topological polar surface area (TPSA) is 70.2 Å². The highest BCUT2D eigenvalue weighted by molar-refractivity contribution is 5.76. The van der Waals surface area contributed by atoms with Crippen LogP contribution in [0.2, 0.25) is 0 Å². The zero-order valence-corrected chi connectivity index (χ0v) is 13.6. The van der Waals surface area contributed by atoms with E-state index in [0.717, 1.165) is 25.6 Å². The van der Waals surface area contributed by atoms with Gasteiger partial charge in [-0.2, -0.15) is 0 Å². The molecule has 22 heavy (non-hydrogen) atoms. The molecule has 1 aliphatic heterocycles. The van der Waals surface area contributed by atoms with Crippen molar-refractivity contribution in [3.8, 4) is 0 Å². The predicted molar refractivity (Wildman–Crippen MR) is 87.6 cm³/mol. The van der Waals surface area contributed by atoms with Crippen LogP contribution in [-0.2, 0) is 4.79 Å². The first-order chi connectivity index (χ1) is 10.6. The SMILES string of the molecule is CC1CCN([C@@H](C)CNC(=O)CCNc2ncccn2)CC1. The summed E-state index contributed by atoms with van der Waals surface area (Å²) in [5.74, 6) is 1.47. The molecule has 1 amide bonds. The Kier molecular flexibility index (Phi) is 6.58. The number of likely N-dealkylation sites (tertiary alicyclic amines) is 1. The molecular weight excluding hydrogens is 278 g/mol. The summed E-state index contributed by atoms with van der Waals surface area (Å²) in [4.78, 5) is 22.4. The average Bonchev–Trinajstić information content (AvgIpc) is 2.54. The van der Waals surface area contributed by atoms with Crippen LogP contribution in [0.4, 0.5) is 5.95 Å². The van der Waals surface area contributed by atoms with Gasteiger partial charge in [0.15, 0.2) is 0 Å². The summed E-state index contributed by atoms with van der Waals surface area (Å²) in [6, 6.07) is 2.17. The summed E-state index contributed by atoms with van der Waals surface area (Å²) in [5.41, 5.74) is 0. The van der Waals surface area contributed by atoms with E-state index in [9.17, 15) is 4.79 Å². The number of nitrogens with one attached hydrogen (secondary N) is 2. The second kappa shape index (κ2) is 8.68. The van der Waals surface area contributed by atoms with Gasteiger partial charge in [0.25, 0.3) is 0 Å². The van der Waals surface area contributed by atoms with Crippen LogP contribution in [0.5, 0.6) is 0 Å². The molecule has 0 aliphatic carbocycles. The van der Waals surface area contributed by atoms with Crippen molar-refractivity contribution in [2.45, 2.75) is 39.2 Å². The molecule has 122 valence electrons. The third-order valence-corrected chi connectivity index (χ3v) is 4.24. The van der Waals surface area contributed by atoms with E-state index in [1.165, 1.54) is 12.8 Å². The fourth-order valence-electron chi connectivity index (χ4n) is 2.63. The smallest absolute Gasteiger partial charge is 0.222 e. The van der Waals surface area contributed by atoms with Gasteiger partial charge >= 0.3 is 0 Å². The molecule has 0 spiro atoms. The van der Waals surface area contributed by atoms with E-state index < -0.39 is 0 Å². The highest BCUT2D eigenvalue weighted by Crippen LogP contribution is 2.17. The van der Waals surface area contributed by atoms with Crippen LogP contribution in [0.3, 0.4) is 0 Å². The Balaban J connectivity index is 1.59. The Morgan fingerprint density at radius 2 is 2.05 bits per heavy atom. The predicted octanol–water partition coefficient (Wildman–Crippen LogP) is 1.52. The third-order valence-electron chi connectivity index (χ3n) is 4.24. The third kappa shape index (κ3) is 5.60. The molecule has 2 N–H and O–H groups in total. The lowest BCUT2D eigenvalue weighted by molar-refractivity contribution is -0.121. The Hall–Kier alpha value is -1.69. The number of hydrogen-bond donors (Lipinski definition) is 2. The minimum atomic E-state index is 0.0701. The van der Waals surface area contributed by atoms with Gasteiger partial charge in [0.1, 0.15) is 0 Å². The Labute approximate surface area is 132 Å². The number of amides is 1. The van der Waals surface area contributed by atoms with E-state index in [-0.39, 0.29) is 5.91 Å². The molecule has 0 radical (unpaired) electrons. The monoisotopic (exact) mass is 305 g/mol. The Bertz CT molecular complexity index is 445. The molecule has 0 unspecified atom stereocenters. The van der Waals surface area contributed by atoms with Crippen LogP contribution < -0.4 is 10.6 Å². The summed E-state index contributed by atoms with van der Waals surface area (Å²) >= 11 is 0. The number of carbonyl (C=O) groups excluding carboxylic acids is 1. The van der Waals surface area contributed by atoms with Crippen molar-refractivity contribution < 1.29 is 4.79 Å². The van der Waals surface area contributed by atoms with Crippen LogP contribution in [-0.4, -0.2) is 53.0 Å². The van der Waals surface area contributed by atoms with Gasteiger partial charge in [0, 0.05) is 37.9 Å². The number of carbonyl (C=O) groups is 1. The fourth-order valence-corrected chi connectivity index (χ4v) is 2.63. The maximum absolute atomic E-state index is 11.9. The zero-order valence-electron chi connectivity index (χ0n) is 13.6. The zero-order chi connectivity index (χ0) is 15.8. The summed E-state index contributed by atoms with van der Waals surface area (Å²) < 4.78 is 0. The molecular formula is C16H27N5O. The maximum atomic E-state index is 11.9. The van der Waals surface area contributed by atoms with Crippen LogP contribution in [0.25, 0.3) is 0 Å². The minimum absolute atomic E-state index is 0.0701. The molecule has 2 heterocycles. The lowest BCUT2D eigenvalue weighted by Crippen LogP contribution is -2.45. The number of rotatable bonds is 7. The van der Waals surface area contributed by atoms with Crippen molar-refractivity contribution >= 4 is 11.9 Å². The first kappa shape index (κ1) is 16.7. The van der Waals surface area contributed by atoms with Crippen LogP contribution in [0, 0.1) is 5.92 Å². The molecule has 0 bridgehead atoms. The molecule has 1 aliphatic rings. The van der Waals surface area contributed by atoms with E-state index in [4.69, 9.17) is 0 Å². The van der Waals surface area contributed by atoms with Crippen molar-refractivity contribution in [3.63, 3.8) is 0 Å². The van der Waals surface area contributed by atoms with E-state index in [0.29, 0.717) is 25.0 Å². The van der Waals surface area contributed by atoms with E-state index in [2.05, 4.69) is 39.3 Å². The van der Waals surface area contributed by atoms with Gasteiger partial charge in [0.05, 0.1) is 0 Å². The normalized spacial score (nSPS) is 17.9. The molecule has 1 aromatic rings. The molecule has 6 heteroatoms. The van der Waals surface area contributed by atoms with Gasteiger partial charge in [-0.05, 0) is 44.8 Å². The maximum Gasteiger partial charge on any atom is 0.222 e. The summed E-state index contributed by atoms with van der Waals surface area (Å²) in [6.45, 7) is 8.05. The van der Waals surface area contributed by atoms with Crippen molar-refractivity contribution in [1.82, 2.24) is 20.2 Å². The molecule has 1 saturated heterocycles. The summed E-state index contributed by atoms with van der Waals surface area (Å²) in [5, 5.41) is 6.05. The molecule has 1 aromatic heterocycles. The number of hydrogen-bond acceptors (Lipinski definition) is 5. The lowest BCUT2D eigenvalue weighted by Gasteiger charge is -2.35. The molecule has 6 nitrogen and oxygen atoms in total. The van der Waals surface area contributed by atoms with E-state index >= 15 is 0 Å². The molecule has 2 rings (SSSR count). The van der Waals surface area contributed by atoms with Gasteiger partial charge in [0.2, 0.25) is 11.9 Å². The number of aromatic nitrogens is 2. The summed E-state index contributed by atoms with van der Waals surface area (Å²) in [7, 11) is 0. The molecule has 1 fully saturated rings. The highest BCUT2D eigenvalue weighted by Gasteiger charge is 2.20. The van der Waals surface area contributed by atoms with Crippen molar-refractivity contribution in [1.29, 1.82) is 0 Å². The van der Waals surface area contributed by atoms with Gasteiger partial charge in [-0.25, -0.2) is 9.97 Å². The first-order valence-corrected chi connectivity index (χ1v) is 8.17. The molecule has 1 atom stereocenters. The summed E-state index contributed by atoms with van der Waals surface area (Å²) in [6.07, 6.45) is 6.31. The number of nitrogens with zero attached hydrogens (tertiary/aromatic N) is 3. The minimum Gasteiger partial charge on any atom is -0.354 e. The second-order valence-electron chi connectivity index (χ2n) is 6.12. The van der Waals surface area contributed by atoms with E-state index in [1.807, 2.05) is 0 Å². The number of anilines is 1. The largest absolute Gasteiger partial charge is 0.354 e. The van der Waals surface area contributed by atoms with E-state index in [1.54, 1.807) is 18.5 Å². The highest BCUT2D eigenvalue weighted by atomic mass is 16.1. The van der Waals surface area contributed by atoms with Gasteiger partial charge in [-0.3, -0.25) is 9.69 Å². The Morgan fingerprint density at radius 3 is 2.73 bits per heavy atom. The number of piperidine rings is 1. The lowest BCUT2D eigenvalue weighted by atomic mass is 9.98. The Morgan fingerprint density at radius 1 is 1.36 bits per heavy atom. The van der Waals surface area contributed by atoms with Gasteiger partial charge in [-0.1, -0.05) is 6.92 Å². The van der Waals surface area contributed by atoms with Crippen LogP contribution in [0.15, 0.2) is 18.5 Å². The van der Waals surface area contributed by atoms with Crippen LogP contribution in [0.1, 0.15) is 33.1 Å². The quantitative estimate of drug-likeness (QED) is 0.799.